The Balaban J connectivity index is 1.89. The average molecular weight is 419 g/mol. The Morgan fingerprint density at radius 1 is 1.27 bits per heavy atom. The number of hydrogen-bond donors (Lipinski definition) is 2. The standard InChI is InChI=1S/C19H19BrN2O4/c1-2-5-13-8-9-17(16(20)10-13)26-12-18(23)22-21-11-14-6-3-4-7-15(14)19(24)25/h3-4,6-11H,2,5,12H2,1H3,(H,22,23)(H,24,25)/b21-11+. The number of aryl methyl sites for hydroxylation is 1. The zero-order valence-electron chi connectivity index (χ0n) is 14.2. The lowest BCUT2D eigenvalue weighted by Gasteiger charge is -2.08. The first-order valence-corrected chi connectivity index (χ1v) is 8.86. The van der Waals surface area contributed by atoms with Crippen LogP contribution in [-0.4, -0.2) is 29.8 Å². The number of hydrogen-bond acceptors (Lipinski definition) is 4. The summed E-state index contributed by atoms with van der Waals surface area (Å²) in [7, 11) is 0. The van der Waals surface area contributed by atoms with Gasteiger partial charge in [-0.3, -0.25) is 4.79 Å². The SMILES string of the molecule is CCCc1ccc(OCC(=O)N/N=C/c2ccccc2C(=O)O)c(Br)c1. The molecule has 0 aliphatic heterocycles. The quantitative estimate of drug-likeness (QED) is 0.505. The number of carbonyl (C=O) groups excluding carboxylic acids is 1. The Morgan fingerprint density at radius 3 is 2.73 bits per heavy atom. The number of carboxylic acids is 1. The number of nitrogens with zero attached hydrogens (tertiary/aromatic N) is 1. The van der Waals surface area contributed by atoms with Crippen LogP contribution in [0, 0.1) is 0 Å². The second kappa shape index (κ2) is 9.72. The summed E-state index contributed by atoms with van der Waals surface area (Å²) in [5.41, 5.74) is 4.02. The van der Waals surface area contributed by atoms with E-state index in [-0.39, 0.29) is 12.2 Å². The number of rotatable bonds is 8. The van der Waals surface area contributed by atoms with Gasteiger partial charge < -0.3 is 9.84 Å². The van der Waals surface area contributed by atoms with Gasteiger partial charge in [0.2, 0.25) is 0 Å². The maximum absolute atomic E-state index is 11.8. The lowest BCUT2D eigenvalue weighted by molar-refractivity contribution is -0.123. The molecule has 0 unspecified atom stereocenters. The normalized spacial score (nSPS) is 10.7. The molecule has 26 heavy (non-hydrogen) atoms. The third-order valence-corrected chi connectivity index (χ3v) is 4.10. The number of ether oxygens (including phenoxy) is 1. The molecule has 0 saturated carbocycles. The first-order valence-electron chi connectivity index (χ1n) is 8.06. The van der Waals surface area contributed by atoms with Gasteiger partial charge in [0.1, 0.15) is 5.75 Å². The smallest absolute Gasteiger partial charge is 0.336 e. The van der Waals surface area contributed by atoms with Crippen LogP contribution >= 0.6 is 15.9 Å². The molecular weight excluding hydrogens is 400 g/mol. The fraction of sp³-hybridized carbons (Fsp3) is 0.211. The van der Waals surface area contributed by atoms with E-state index in [0.29, 0.717) is 11.3 Å². The molecule has 2 aromatic carbocycles. The summed E-state index contributed by atoms with van der Waals surface area (Å²) in [6.07, 6.45) is 3.32. The number of carboxylic acid groups (broad SMARTS) is 1. The van der Waals surface area contributed by atoms with Crippen molar-refractivity contribution in [2.75, 3.05) is 6.61 Å². The number of halogens is 1. The molecule has 0 fully saturated rings. The van der Waals surface area contributed by atoms with Gasteiger partial charge >= 0.3 is 5.97 Å². The molecule has 0 bridgehead atoms. The summed E-state index contributed by atoms with van der Waals surface area (Å²) in [6.45, 7) is 1.90. The molecule has 2 N–H and O–H groups in total. The molecule has 136 valence electrons. The number of carbonyl (C=O) groups is 2. The maximum atomic E-state index is 11.8. The number of aromatic carboxylic acids is 1. The minimum absolute atomic E-state index is 0.109. The fourth-order valence-electron chi connectivity index (χ4n) is 2.26. The molecule has 7 heteroatoms. The van der Waals surface area contributed by atoms with Crippen LogP contribution in [0.1, 0.15) is 34.8 Å². The van der Waals surface area contributed by atoms with Gasteiger partial charge in [0.05, 0.1) is 16.3 Å². The minimum atomic E-state index is -1.06. The third-order valence-electron chi connectivity index (χ3n) is 3.48. The zero-order valence-corrected chi connectivity index (χ0v) is 15.8. The Kier molecular flexibility index (Phi) is 7.35. The van der Waals surface area contributed by atoms with Gasteiger partial charge in [0.25, 0.3) is 5.91 Å². The Morgan fingerprint density at radius 2 is 2.04 bits per heavy atom. The molecule has 0 aromatic heterocycles. The summed E-state index contributed by atoms with van der Waals surface area (Å²) in [5, 5.41) is 12.9. The van der Waals surface area contributed by atoms with Crippen LogP contribution in [0.15, 0.2) is 52.0 Å². The number of benzene rings is 2. The second-order valence-electron chi connectivity index (χ2n) is 5.49. The fourth-order valence-corrected chi connectivity index (χ4v) is 2.80. The number of nitrogens with one attached hydrogen (secondary N) is 1. The van der Waals surface area contributed by atoms with Crippen molar-refractivity contribution < 1.29 is 19.4 Å². The first kappa shape index (κ1) is 19.7. The summed E-state index contributed by atoms with van der Waals surface area (Å²) >= 11 is 3.43. The molecule has 0 saturated heterocycles. The van der Waals surface area contributed by atoms with E-state index < -0.39 is 11.9 Å². The van der Waals surface area contributed by atoms with E-state index in [2.05, 4.69) is 33.4 Å². The van der Waals surface area contributed by atoms with E-state index in [4.69, 9.17) is 9.84 Å². The summed E-state index contributed by atoms with van der Waals surface area (Å²) in [4.78, 5) is 22.9. The zero-order chi connectivity index (χ0) is 18.9. The van der Waals surface area contributed by atoms with Crippen LogP contribution in [-0.2, 0) is 11.2 Å². The highest BCUT2D eigenvalue weighted by Gasteiger charge is 2.08. The lowest BCUT2D eigenvalue weighted by Crippen LogP contribution is -2.24. The van der Waals surface area contributed by atoms with Crippen LogP contribution in [0.3, 0.4) is 0 Å². The molecule has 0 radical (unpaired) electrons. The predicted molar refractivity (Wildman–Crippen MR) is 103 cm³/mol. The van der Waals surface area contributed by atoms with Crippen molar-refractivity contribution in [3.05, 3.63) is 63.6 Å². The van der Waals surface area contributed by atoms with Crippen LogP contribution in [0.25, 0.3) is 0 Å². The number of hydrazone groups is 1. The lowest BCUT2D eigenvalue weighted by atomic mass is 10.1. The average Bonchev–Trinajstić information content (AvgIpc) is 2.61. The Bertz CT molecular complexity index is 821. The molecular formula is C19H19BrN2O4. The van der Waals surface area contributed by atoms with Crippen molar-refractivity contribution in [1.82, 2.24) is 5.43 Å². The third kappa shape index (κ3) is 5.70. The van der Waals surface area contributed by atoms with Crippen LogP contribution in [0.2, 0.25) is 0 Å². The summed E-state index contributed by atoms with van der Waals surface area (Å²) in [5.74, 6) is -0.933. The molecule has 0 aliphatic carbocycles. The van der Waals surface area contributed by atoms with Gasteiger partial charge in [0.15, 0.2) is 6.61 Å². The second-order valence-corrected chi connectivity index (χ2v) is 6.34. The number of amides is 1. The highest BCUT2D eigenvalue weighted by molar-refractivity contribution is 9.10. The van der Waals surface area contributed by atoms with Crippen molar-refractivity contribution in [1.29, 1.82) is 0 Å². The van der Waals surface area contributed by atoms with E-state index in [1.165, 1.54) is 17.8 Å². The monoisotopic (exact) mass is 418 g/mol. The topological polar surface area (TPSA) is 88.0 Å². The van der Waals surface area contributed by atoms with Crippen molar-refractivity contribution >= 4 is 34.0 Å². The van der Waals surface area contributed by atoms with Crippen molar-refractivity contribution in [2.24, 2.45) is 5.10 Å². The van der Waals surface area contributed by atoms with Gasteiger partial charge in [-0.25, -0.2) is 10.2 Å². The molecule has 0 aliphatic rings. The molecule has 0 atom stereocenters. The molecule has 6 nitrogen and oxygen atoms in total. The van der Waals surface area contributed by atoms with Gasteiger partial charge in [-0.05, 0) is 46.1 Å². The maximum Gasteiger partial charge on any atom is 0.336 e. The van der Waals surface area contributed by atoms with E-state index in [9.17, 15) is 9.59 Å². The van der Waals surface area contributed by atoms with E-state index in [0.717, 1.165) is 17.3 Å². The Labute approximate surface area is 160 Å². The minimum Gasteiger partial charge on any atom is -0.483 e. The van der Waals surface area contributed by atoms with Gasteiger partial charge in [-0.1, -0.05) is 37.6 Å². The highest BCUT2D eigenvalue weighted by atomic mass is 79.9. The van der Waals surface area contributed by atoms with Crippen molar-refractivity contribution in [3.63, 3.8) is 0 Å². The van der Waals surface area contributed by atoms with Crippen LogP contribution in [0.5, 0.6) is 5.75 Å². The largest absolute Gasteiger partial charge is 0.483 e. The summed E-state index contributed by atoms with van der Waals surface area (Å²) in [6, 6.07) is 12.1. The van der Waals surface area contributed by atoms with Crippen molar-refractivity contribution in [2.45, 2.75) is 19.8 Å². The van der Waals surface area contributed by atoms with Crippen LogP contribution < -0.4 is 10.2 Å². The Hall–Kier alpha value is -2.67. The van der Waals surface area contributed by atoms with Gasteiger partial charge in [0, 0.05) is 5.56 Å². The van der Waals surface area contributed by atoms with E-state index >= 15 is 0 Å². The molecule has 0 heterocycles. The van der Waals surface area contributed by atoms with Gasteiger partial charge in [-0.15, -0.1) is 0 Å². The molecule has 1 amide bonds. The molecule has 2 aromatic rings. The van der Waals surface area contributed by atoms with Gasteiger partial charge in [-0.2, -0.15) is 5.10 Å². The molecule has 2 rings (SSSR count). The first-order chi connectivity index (χ1) is 12.5. The summed E-state index contributed by atoms with van der Waals surface area (Å²) < 4.78 is 6.26. The van der Waals surface area contributed by atoms with E-state index in [1.807, 2.05) is 18.2 Å². The highest BCUT2D eigenvalue weighted by Crippen LogP contribution is 2.26. The predicted octanol–water partition coefficient (Wildman–Crippen LogP) is 3.63. The van der Waals surface area contributed by atoms with Crippen LogP contribution in [0.4, 0.5) is 0 Å². The van der Waals surface area contributed by atoms with Crippen molar-refractivity contribution in [3.8, 4) is 5.75 Å². The van der Waals surface area contributed by atoms with E-state index in [1.54, 1.807) is 18.2 Å². The molecule has 0 spiro atoms.